The lowest BCUT2D eigenvalue weighted by Gasteiger charge is -2.36. The summed E-state index contributed by atoms with van der Waals surface area (Å²) in [4.78, 5) is 20.2. The molecule has 1 aliphatic heterocycles. The number of amides is 1. The fraction of sp³-hybridized carbons (Fsp3) is 0.455. The van der Waals surface area contributed by atoms with E-state index in [0.717, 1.165) is 31.5 Å². The first kappa shape index (κ1) is 21.7. The van der Waals surface area contributed by atoms with E-state index >= 15 is 0 Å². The maximum absolute atomic E-state index is 12.8. The molecule has 9 heteroatoms. The topological polar surface area (TPSA) is 45.7 Å². The van der Waals surface area contributed by atoms with Gasteiger partial charge in [-0.3, -0.25) is 4.79 Å². The standard InChI is InChI=1S/C22H23ClF3N3O2/c1-14(31-18-6-5-15-3-2-4-16(15)11-18)21(30)29-9-7-28(8-10-29)20-19(23)12-17(13-27-20)22(24,25)26/h5-6,11-14H,2-4,7-10H2,1H3/t14-/m1/s1. The van der Waals surface area contributed by atoms with Gasteiger partial charge >= 0.3 is 6.18 Å². The molecule has 166 valence electrons. The third-order valence-corrected chi connectivity index (χ3v) is 6.05. The van der Waals surface area contributed by atoms with Crippen LogP contribution in [-0.2, 0) is 23.8 Å². The van der Waals surface area contributed by atoms with E-state index in [9.17, 15) is 18.0 Å². The Morgan fingerprint density at radius 3 is 2.52 bits per heavy atom. The third-order valence-electron chi connectivity index (χ3n) is 5.77. The van der Waals surface area contributed by atoms with Gasteiger partial charge in [0, 0.05) is 32.4 Å². The number of alkyl halides is 3. The molecule has 0 N–H and O–H groups in total. The van der Waals surface area contributed by atoms with Crippen molar-refractivity contribution in [1.29, 1.82) is 0 Å². The molecule has 0 bridgehead atoms. The first-order chi connectivity index (χ1) is 14.7. The van der Waals surface area contributed by atoms with E-state index in [2.05, 4.69) is 11.1 Å². The number of ether oxygens (including phenoxy) is 1. The van der Waals surface area contributed by atoms with Gasteiger partial charge in [-0.1, -0.05) is 17.7 Å². The smallest absolute Gasteiger partial charge is 0.417 e. The minimum absolute atomic E-state index is 0.0529. The van der Waals surface area contributed by atoms with Crippen LogP contribution in [0.15, 0.2) is 30.5 Å². The Bertz CT molecular complexity index is 975. The number of anilines is 1. The summed E-state index contributed by atoms with van der Waals surface area (Å²) in [7, 11) is 0. The lowest BCUT2D eigenvalue weighted by molar-refractivity contribution is -0.138. The van der Waals surface area contributed by atoms with Crippen LogP contribution in [0.2, 0.25) is 5.02 Å². The van der Waals surface area contributed by atoms with Gasteiger partial charge in [0.15, 0.2) is 6.10 Å². The second kappa shape index (κ2) is 8.57. The zero-order valence-corrected chi connectivity index (χ0v) is 17.8. The molecule has 1 aromatic carbocycles. The Hall–Kier alpha value is -2.48. The Morgan fingerprint density at radius 1 is 1.13 bits per heavy atom. The van der Waals surface area contributed by atoms with Gasteiger partial charge in [0.2, 0.25) is 0 Å². The molecular formula is C22H23ClF3N3O2. The van der Waals surface area contributed by atoms with Crippen molar-refractivity contribution in [2.24, 2.45) is 0 Å². The predicted molar refractivity (Wildman–Crippen MR) is 112 cm³/mol. The van der Waals surface area contributed by atoms with Crippen molar-refractivity contribution in [3.8, 4) is 5.75 Å². The molecule has 4 rings (SSSR count). The second-order valence-corrected chi connectivity index (χ2v) is 8.29. The van der Waals surface area contributed by atoms with Gasteiger partial charge < -0.3 is 14.5 Å². The molecule has 2 heterocycles. The summed E-state index contributed by atoms with van der Waals surface area (Å²) in [5.74, 6) is 0.872. The molecule has 1 atom stereocenters. The molecule has 2 aromatic rings. The number of hydrogen-bond donors (Lipinski definition) is 0. The third kappa shape index (κ3) is 4.74. The summed E-state index contributed by atoms with van der Waals surface area (Å²) < 4.78 is 44.3. The van der Waals surface area contributed by atoms with E-state index in [4.69, 9.17) is 16.3 Å². The van der Waals surface area contributed by atoms with Crippen molar-refractivity contribution in [3.05, 3.63) is 52.2 Å². The van der Waals surface area contributed by atoms with Crippen LogP contribution in [0.5, 0.6) is 5.75 Å². The second-order valence-electron chi connectivity index (χ2n) is 7.88. The number of halogens is 4. The highest BCUT2D eigenvalue weighted by molar-refractivity contribution is 6.33. The maximum atomic E-state index is 12.8. The monoisotopic (exact) mass is 453 g/mol. The van der Waals surface area contributed by atoms with Crippen LogP contribution in [0.3, 0.4) is 0 Å². The number of pyridine rings is 1. The average Bonchev–Trinajstić information content (AvgIpc) is 3.20. The van der Waals surface area contributed by atoms with Crippen LogP contribution in [0.25, 0.3) is 0 Å². The quantitative estimate of drug-likeness (QED) is 0.690. The average molecular weight is 454 g/mol. The molecule has 0 spiro atoms. The van der Waals surface area contributed by atoms with Crippen LogP contribution in [0, 0.1) is 0 Å². The highest BCUT2D eigenvalue weighted by Crippen LogP contribution is 2.34. The van der Waals surface area contributed by atoms with Gasteiger partial charge in [0.1, 0.15) is 11.6 Å². The van der Waals surface area contributed by atoms with E-state index in [1.807, 2.05) is 12.1 Å². The summed E-state index contributed by atoms with van der Waals surface area (Å²) in [6.45, 7) is 3.41. The minimum Gasteiger partial charge on any atom is -0.481 e. The summed E-state index contributed by atoms with van der Waals surface area (Å²) in [5, 5.41) is -0.0529. The van der Waals surface area contributed by atoms with Crippen LogP contribution < -0.4 is 9.64 Å². The molecule has 2 aliphatic rings. The van der Waals surface area contributed by atoms with Gasteiger partial charge in [-0.05, 0) is 55.5 Å². The van der Waals surface area contributed by atoms with Crippen molar-refractivity contribution in [3.63, 3.8) is 0 Å². The molecule has 0 saturated carbocycles. The predicted octanol–water partition coefficient (Wildman–Crippen LogP) is 4.36. The van der Waals surface area contributed by atoms with Gasteiger partial charge in [0.05, 0.1) is 10.6 Å². The van der Waals surface area contributed by atoms with Crippen molar-refractivity contribution in [1.82, 2.24) is 9.88 Å². The van der Waals surface area contributed by atoms with Crippen molar-refractivity contribution in [2.75, 3.05) is 31.1 Å². The van der Waals surface area contributed by atoms with E-state index in [-0.39, 0.29) is 10.9 Å². The number of aromatic nitrogens is 1. The SMILES string of the molecule is C[C@@H](Oc1ccc2c(c1)CCC2)C(=O)N1CCN(c2ncc(C(F)(F)F)cc2Cl)CC1. The molecule has 1 saturated heterocycles. The molecule has 1 aromatic heterocycles. The number of carbonyl (C=O) groups is 1. The minimum atomic E-state index is -4.49. The lowest BCUT2D eigenvalue weighted by atomic mass is 10.1. The Kier molecular flexibility index (Phi) is 6.01. The normalized spacial score (nSPS) is 17.5. The van der Waals surface area contributed by atoms with Crippen molar-refractivity contribution < 1.29 is 22.7 Å². The van der Waals surface area contributed by atoms with Crippen LogP contribution in [-0.4, -0.2) is 48.1 Å². The fourth-order valence-corrected chi connectivity index (χ4v) is 4.38. The summed E-state index contributed by atoms with van der Waals surface area (Å²) in [6.07, 6.45) is -1.06. The number of benzene rings is 1. The molecule has 1 fully saturated rings. The molecule has 0 radical (unpaired) electrons. The van der Waals surface area contributed by atoms with E-state index in [1.165, 1.54) is 11.1 Å². The highest BCUT2D eigenvalue weighted by atomic mass is 35.5. The molecule has 31 heavy (non-hydrogen) atoms. The Labute approximate surface area is 183 Å². The van der Waals surface area contributed by atoms with E-state index in [0.29, 0.717) is 37.7 Å². The largest absolute Gasteiger partial charge is 0.481 e. The van der Waals surface area contributed by atoms with Gasteiger partial charge in [-0.2, -0.15) is 13.2 Å². The van der Waals surface area contributed by atoms with Crippen LogP contribution >= 0.6 is 11.6 Å². The van der Waals surface area contributed by atoms with Crippen LogP contribution in [0.4, 0.5) is 19.0 Å². The zero-order chi connectivity index (χ0) is 22.2. The van der Waals surface area contributed by atoms with E-state index < -0.39 is 17.8 Å². The first-order valence-corrected chi connectivity index (χ1v) is 10.6. The number of fused-ring (bicyclic) bond motifs is 1. The van der Waals surface area contributed by atoms with Crippen molar-refractivity contribution >= 4 is 23.3 Å². The fourth-order valence-electron chi connectivity index (χ4n) is 4.09. The van der Waals surface area contributed by atoms with Gasteiger partial charge in [-0.25, -0.2) is 4.98 Å². The first-order valence-electron chi connectivity index (χ1n) is 10.3. The van der Waals surface area contributed by atoms with Crippen molar-refractivity contribution in [2.45, 2.75) is 38.5 Å². The number of nitrogens with zero attached hydrogens (tertiary/aromatic N) is 3. The van der Waals surface area contributed by atoms with E-state index in [1.54, 1.807) is 16.7 Å². The number of rotatable bonds is 4. The number of aryl methyl sites for hydroxylation is 2. The van der Waals surface area contributed by atoms with Crippen LogP contribution in [0.1, 0.15) is 30.0 Å². The Balaban J connectivity index is 1.34. The molecule has 0 unspecified atom stereocenters. The molecule has 1 amide bonds. The highest BCUT2D eigenvalue weighted by Gasteiger charge is 2.33. The summed E-state index contributed by atoms with van der Waals surface area (Å²) >= 11 is 6.04. The number of piperazine rings is 1. The molecule has 5 nitrogen and oxygen atoms in total. The maximum Gasteiger partial charge on any atom is 0.417 e. The molecule has 1 aliphatic carbocycles. The summed E-state index contributed by atoms with van der Waals surface area (Å²) in [6, 6.07) is 6.87. The van der Waals surface area contributed by atoms with Gasteiger partial charge in [0.25, 0.3) is 5.91 Å². The number of carbonyl (C=O) groups excluding carboxylic acids is 1. The Morgan fingerprint density at radius 2 is 1.84 bits per heavy atom. The zero-order valence-electron chi connectivity index (χ0n) is 17.1. The van der Waals surface area contributed by atoms with Gasteiger partial charge in [-0.15, -0.1) is 0 Å². The molecular weight excluding hydrogens is 431 g/mol. The number of hydrogen-bond acceptors (Lipinski definition) is 4. The lowest BCUT2D eigenvalue weighted by Crippen LogP contribution is -2.52. The summed E-state index contributed by atoms with van der Waals surface area (Å²) in [5.41, 5.74) is 1.75.